The van der Waals surface area contributed by atoms with Crippen molar-refractivity contribution in [2.75, 3.05) is 26.7 Å². The lowest BCUT2D eigenvalue weighted by atomic mass is 9.75. The molecule has 0 radical (unpaired) electrons. The Morgan fingerprint density at radius 2 is 1.96 bits per heavy atom. The molecule has 6 nitrogen and oxygen atoms in total. The van der Waals surface area contributed by atoms with Gasteiger partial charge in [0.05, 0.1) is 25.0 Å². The van der Waals surface area contributed by atoms with Gasteiger partial charge in [0.25, 0.3) is 5.91 Å². The molecule has 0 unspecified atom stereocenters. The standard InChI is InChI=1S/C22H26N4O2/c1-14-11-24-19(12-23-14)22(27)26-13-18(16-4-3-5-17(10-16)28-2)21-20(26)15-6-8-25(21)9-7-15/h3-5,10-12,15,18,20-21H,6-9,13H2,1-2H3/t18-,20+,21+/m1/s1. The second-order valence-electron chi connectivity index (χ2n) is 8.24. The molecule has 28 heavy (non-hydrogen) atoms. The monoisotopic (exact) mass is 378 g/mol. The van der Waals surface area contributed by atoms with Crippen LogP contribution in [-0.2, 0) is 0 Å². The van der Waals surface area contributed by atoms with Gasteiger partial charge in [-0.25, -0.2) is 4.98 Å². The molecular weight excluding hydrogens is 352 g/mol. The number of hydrogen-bond acceptors (Lipinski definition) is 5. The summed E-state index contributed by atoms with van der Waals surface area (Å²) in [5.74, 6) is 1.76. The molecule has 5 heterocycles. The highest BCUT2D eigenvalue weighted by atomic mass is 16.5. The van der Waals surface area contributed by atoms with E-state index in [-0.39, 0.29) is 11.9 Å². The van der Waals surface area contributed by atoms with Gasteiger partial charge in [-0.2, -0.15) is 0 Å². The number of amides is 1. The Labute approximate surface area is 165 Å². The number of piperidine rings is 3. The van der Waals surface area contributed by atoms with Crippen molar-refractivity contribution in [2.24, 2.45) is 5.92 Å². The minimum atomic E-state index is 0.0154. The van der Waals surface area contributed by atoms with E-state index < -0.39 is 0 Å². The molecule has 2 bridgehead atoms. The Kier molecular flexibility index (Phi) is 4.31. The Morgan fingerprint density at radius 1 is 1.14 bits per heavy atom. The van der Waals surface area contributed by atoms with Gasteiger partial charge in [-0.15, -0.1) is 0 Å². The summed E-state index contributed by atoms with van der Waals surface area (Å²) in [5, 5.41) is 0. The van der Waals surface area contributed by atoms with Crippen molar-refractivity contribution >= 4 is 5.91 Å². The maximum Gasteiger partial charge on any atom is 0.274 e. The number of methoxy groups -OCH3 is 1. The van der Waals surface area contributed by atoms with E-state index in [1.165, 1.54) is 18.4 Å². The van der Waals surface area contributed by atoms with Gasteiger partial charge in [-0.3, -0.25) is 14.7 Å². The lowest BCUT2D eigenvalue weighted by molar-refractivity contribution is -0.00360. The Morgan fingerprint density at radius 3 is 2.68 bits per heavy atom. The Hall–Kier alpha value is -2.47. The molecule has 0 N–H and O–H groups in total. The maximum atomic E-state index is 13.4. The van der Waals surface area contributed by atoms with Crippen molar-refractivity contribution in [1.29, 1.82) is 0 Å². The minimum Gasteiger partial charge on any atom is -0.497 e. The molecule has 0 spiro atoms. The van der Waals surface area contributed by atoms with Crippen molar-refractivity contribution < 1.29 is 9.53 Å². The van der Waals surface area contributed by atoms with Gasteiger partial charge in [-0.05, 0) is 56.5 Å². The van der Waals surface area contributed by atoms with Gasteiger partial charge in [0.2, 0.25) is 0 Å². The van der Waals surface area contributed by atoms with E-state index in [1.54, 1.807) is 19.5 Å². The number of aromatic nitrogens is 2. The largest absolute Gasteiger partial charge is 0.497 e. The highest BCUT2D eigenvalue weighted by molar-refractivity contribution is 5.92. The van der Waals surface area contributed by atoms with Crippen molar-refractivity contribution in [1.82, 2.24) is 19.8 Å². The summed E-state index contributed by atoms with van der Waals surface area (Å²) in [6, 6.07) is 8.97. The van der Waals surface area contributed by atoms with Gasteiger partial charge < -0.3 is 9.64 Å². The van der Waals surface area contributed by atoms with Crippen LogP contribution < -0.4 is 4.74 Å². The van der Waals surface area contributed by atoms with E-state index >= 15 is 0 Å². The predicted octanol–water partition coefficient (Wildman–Crippen LogP) is 2.50. The molecule has 1 aromatic heterocycles. The number of carbonyl (C=O) groups is 1. The zero-order chi connectivity index (χ0) is 19.3. The predicted molar refractivity (Wildman–Crippen MR) is 105 cm³/mol. The summed E-state index contributed by atoms with van der Waals surface area (Å²) < 4.78 is 5.45. The molecule has 4 fully saturated rings. The van der Waals surface area contributed by atoms with Crippen LogP contribution in [0.1, 0.15) is 40.5 Å². The fourth-order valence-electron chi connectivity index (χ4n) is 5.47. The van der Waals surface area contributed by atoms with E-state index in [2.05, 4.69) is 38.0 Å². The Bertz CT molecular complexity index is 876. The molecule has 0 saturated carbocycles. The van der Waals surface area contributed by atoms with Crippen LogP contribution >= 0.6 is 0 Å². The number of benzene rings is 1. The summed E-state index contributed by atoms with van der Waals surface area (Å²) in [6.45, 7) is 4.89. The molecule has 146 valence electrons. The lowest BCUT2D eigenvalue weighted by Crippen LogP contribution is -2.60. The number of carbonyl (C=O) groups excluding carboxylic acids is 1. The van der Waals surface area contributed by atoms with E-state index in [0.717, 1.165) is 31.1 Å². The average Bonchev–Trinajstić information content (AvgIpc) is 3.18. The molecule has 4 saturated heterocycles. The van der Waals surface area contributed by atoms with Gasteiger partial charge in [-0.1, -0.05) is 12.1 Å². The van der Waals surface area contributed by atoms with Crippen LogP contribution in [-0.4, -0.2) is 64.5 Å². The summed E-state index contributed by atoms with van der Waals surface area (Å²) in [6.07, 6.45) is 5.65. The number of rotatable bonds is 3. The molecule has 3 atom stereocenters. The zero-order valence-electron chi connectivity index (χ0n) is 16.4. The molecule has 6 heteroatoms. The van der Waals surface area contributed by atoms with E-state index in [4.69, 9.17) is 4.74 Å². The van der Waals surface area contributed by atoms with Gasteiger partial charge in [0.1, 0.15) is 11.4 Å². The van der Waals surface area contributed by atoms with Crippen molar-refractivity contribution in [2.45, 2.75) is 37.8 Å². The number of nitrogens with zero attached hydrogens (tertiary/aromatic N) is 4. The van der Waals surface area contributed by atoms with Crippen molar-refractivity contribution in [3.8, 4) is 5.75 Å². The molecule has 6 rings (SSSR count). The van der Waals surface area contributed by atoms with Crippen molar-refractivity contribution in [3.05, 3.63) is 53.6 Å². The topological polar surface area (TPSA) is 58.6 Å². The van der Waals surface area contributed by atoms with Crippen LogP contribution in [0.5, 0.6) is 5.75 Å². The lowest BCUT2D eigenvalue weighted by Gasteiger charge is -2.51. The van der Waals surface area contributed by atoms with Crippen LogP contribution in [0.25, 0.3) is 0 Å². The third-order valence-corrected chi connectivity index (χ3v) is 6.78. The van der Waals surface area contributed by atoms with Gasteiger partial charge in [0.15, 0.2) is 0 Å². The first-order valence-corrected chi connectivity index (χ1v) is 10.1. The maximum absolute atomic E-state index is 13.4. The van der Waals surface area contributed by atoms with E-state index in [9.17, 15) is 4.79 Å². The molecule has 1 aromatic carbocycles. The normalized spacial score (nSPS) is 30.9. The fourth-order valence-corrected chi connectivity index (χ4v) is 5.47. The summed E-state index contributed by atoms with van der Waals surface area (Å²) in [4.78, 5) is 26.7. The quantitative estimate of drug-likeness (QED) is 0.821. The summed E-state index contributed by atoms with van der Waals surface area (Å²) in [5.41, 5.74) is 2.53. The second kappa shape index (κ2) is 6.85. The smallest absolute Gasteiger partial charge is 0.274 e. The highest BCUT2D eigenvalue weighted by Gasteiger charge is 2.54. The zero-order valence-corrected chi connectivity index (χ0v) is 16.4. The van der Waals surface area contributed by atoms with Crippen LogP contribution in [0.2, 0.25) is 0 Å². The van der Waals surface area contributed by atoms with Gasteiger partial charge in [0, 0.05) is 24.7 Å². The molecule has 0 aliphatic carbocycles. The van der Waals surface area contributed by atoms with E-state index in [1.807, 2.05) is 13.0 Å². The molecule has 4 aliphatic rings. The number of fused-ring (bicyclic) bond motifs is 2. The third kappa shape index (κ3) is 2.78. The number of likely N-dealkylation sites (tertiary alicyclic amines) is 1. The molecule has 4 aliphatic heterocycles. The first-order chi connectivity index (χ1) is 13.7. The average molecular weight is 378 g/mol. The van der Waals surface area contributed by atoms with Crippen LogP contribution in [0.3, 0.4) is 0 Å². The minimum absolute atomic E-state index is 0.0154. The summed E-state index contributed by atoms with van der Waals surface area (Å²) in [7, 11) is 1.70. The first kappa shape index (κ1) is 17.6. The number of hydrogen-bond donors (Lipinski definition) is 0. The first-order valence-electron chi connectivity index (χ1n) is 10.1. The SMILES string of the molecule is COc1cccc([C@H]2CN(C(=O)c3cnc(C)cn3)[C@H]3C4CCN(CC4)[C@@H]23)c1. The highest BCUT2D eigenvalue weighted by Crippen LogP contribution is 2.47. The van der Waals surface area contributed by atoms with Gasteiger partial charge >= 0.3 is 0 Å². The van der Waals surface area contributed by atoms with Crippen LogP contribution in [0.15, 0.2) is 36.7 Å². The van der Waals surface area contributed by atoms with E-state index in [0.29, 0.717) is 23.6 Å². The molecule has 1 amide bonds. The number of aryl methyl sites for hydroxylation is 1. The molecule has 2 aromatic rings. The van der Waals surface area contributed by atoms with Crippen LogP contribution in [0.4, 0.5) is 0 Å². The number of ether oxygens (including phenoxy) is 1. The second-order valence-corrected chi connectivity index (χ2v) is 8.24. The summed E-state index contributed by atoms with van der Waals surface area (Å²) >= 11 is 0. The van der Waals surface area contributed by atoms with Crippen LogP contribution in [0, 0.1) is 12.8 Å². The fraction of sp³-hybridized carbons (Fsp3) is 0.500. The Balaban J connectivity index is 1.51. The third-order valence-electron chi connectivity index (χ3n) is 6.78. The van der Waals surface area contributed by atoms with Crippen molar-refractivity contribution in [3.63, 3.8) is 0 Å². The molecular formula is C22H26N4O2.